The Labute approximate surface area is 202 Å². The third-order valence-electron chi connectivity index (χ3n) is 6.90. The SMILES string of the molecule is C[C@@H](Oc1cc(-c2cnn(C3CCNC4(CCC4)C3)c2)cnc1N)c1c(Cl)ccc(F)c1Cl. The number of anilines is 1. The highest BCUT2D eigenvalue weighted by molar-refractivity contribution is 6.36. The van der Waals surface area contributed by atoms with E-state index in [1.54, 1.807) is 13.1 Å². The van der Waals surface area contributed by atoms with Crippen molar-refractivity contribution in [2.45, 2.75) is 56.7 Å². The molecular formula is C24H26Cl2FN5O. The molecule has 2 aliphatic rings. The predicted octanol–water partition coefficient (Wildman–Crippen LogP) is 5.96. The smallest absolute Gasteiger partial charge is 0.166 e. The van der Waals surface area contributed by atoms with Crippen LogP contribution in [0.15, 0.2) is 36.8 Å². The van der Waals surface area contributed by atoms with Crippen molar-refractivity contribution in [3.63, 3.8) is 0 Å². The van der Waals surface area contributed by atoms with Gasteiger partial charge in [-0.15, -0.1) is 0 Å². The van der Waals surface area contributed by atoms with E-state index in [-0.39, 0.29) is 10.8 Å². The number of hydrogen-bond donors (Lipinski definition) is 2. The largest absolute Gasteiger partial charge is 0.482 e. The first-order valence-electron chi connectivity index (χ1n) is 11.2. The van der Waals surface area contributed by atoms with Gasteiger partial charge < -0.3 is 15.8 Å². The van der Waals surface area contributed by atoms with Gasteiger partial charge in [0.1, 0.15) is 11.9 Å². The number of nitrogens with two attached hydrogens (primary N) is 1. The normalized spacial score (nSPS) is 20.4. The maximum absolute atomic E-state index is 14.0. The molecule has 174 valence electrons. The van der Waals surface area contributed by atoms with E-state index in [1.807, 2.05) is 12.3 Å². The summed E-state index contributed by atoms with van der Waals surface area (Å²) >= 11 is 12.4. The summed E-state index contributed by atoms with van der Waals surface area (Å²) in [7, 11) is 0. The molecule has 9 heteroatoms. The first kappa shape index (κ1) is 22.4. The van der Waals surface area contributed by atoms with Gasteiger partial charge in [-0.3, -0.25) is 4.68 Å². The Kier molecular flexibility index (Phi) is 5.97. The van der Waals surface area contributed by atoms with E-state index in [4.69, 9.17) is 33.7 Å². The van der Waals surface area contributed by atoms with Crippen molar-refractivity contribution in [1.82, 2.24) is 20.1 Å². The van der Waals surface area contributed by atoms with E-state index in [2.05, 4.69) is 26.3 Å². The molecule has 1 aromatic carbocycles. The minimum Gasteiger partial charge on any atom is -0.482 e. The van der Waals surface area contributed by atoms with E-state index in [1.165, 1.54) is 31.4 Å². The van der Waals surface area contributed by atoms with Gasteiger partial charge in [0.2, 0.25) is 0 Å². The standard InChI is InChI=1S/C24H26Cl2FN5O/c1-14(21-18(25)3-4-19(27)22(21)26)33-20-9-15(11-29-23(20)28)16-12-31-32(13-16)17-5-8-30-24(10-17)6-2-7-24/h3-4,9,11-14,17,30H,2,5-8,10H2,1H3,(H2,28,29)/t14-,17?/m1/s1. The molecule has 1 aliphatic carbocycles. The third-order valence-corrected chi connectivity index (χ3v) is 7.61. The van der Waals surface area contributed by atoms with Gasteiger partial charge in [-0.05, 0) is 63.8 Å². The van der Waals surface area contributed by atoms with Crippen molar-refractivity contribution in [2.75, 3.05) is 12.3 Å². The van der Waals surface area contributed by atoms with Gasteiger partial charge in [-0.25, -0.2) is 9.37 Å². The lowest BCUT2D eigenvalue weighted by Crippen LogP contribution is -2.55. The molecule has 1 aliphatic heterocycles. The summed E-state index contributed by atoms with van der Waals surface area (Å²) in [6.07, 6.45) is 10.9. The molecule has 0 radical (unpaired) electrons. The molecule has 3 N–H and O–H groups in total. The van der Waals surface area contributed by atoms with E-state index < -0.39 is 11.9 Å². The van der Waals surface area contributed by atoms with Gasteiger partial charge in [0.05, 0.1) is 17.3 Å². The zero-order chi connectivity index (χ0) is 23.2. The quantitative estimate of drug-likeness (QED) is 0.432. The van der Waals surface area contributed by atoms with Crippen LogP contribution >= 0.6 is 23.2 Å². The predicted molar refractivity (Wildman–Crippen MR) is 128 cm³/mol. The lowest BCUT2D eigenvalue weighted by atomic mass is 9.70. The number of hydrogen-bond acceptors (Lipinski definition) is 5. The van der Waals surface area contributed by atoms with E-state index >= 15 is 0 Å². The summed E-state index contributed by atoms with van der Waals surface area (Å²) in [5.74, 6) is 0.0479. The molecule has 2 atom stereocenters. The molecular weight excluding hydrogens is 464 g/mol. The number of benzene rings is 1. The summed E-state index contributed by atoms with van der Waals surface area (Å²) in [5.41, 5.74) is 8.51. The Hall–Kier alpha value is -2.35. The average Bonchev–Trinajstić information content (AvgIpc) is 3.27. The Morgan fingerprint density at radius 3 is 2.85 bits per heavy atom. The van der Waals surface area contributed by atoms with Crippen LogP contribution in [-0.4, -0.2) is 26.8 Å². The van der Waals surface area contributed by atoms with Crippen LogP contribution in [-0.2, 0) is 0 Å². The topological polar surface area (TPSA) is 78.0 Å². The molecule has 1 saturated carbocycles. The van der Waals surface area contributed by atoms with Gasteiger partial charge in [0.25, 0.3) is 0 Å². The molecule has 2 aromatic heterocycles. The molecule has 0 bridgehead atoms. The van der Waals surface area contributed by atoms with Crippen LogP contribution in [0.5, 0.6) is 5.75 Å². The molecule has 33 heavy (non-hydrogen) atoms. The second-order valence-corrected chi connectivity index (χ2v) is 9.83. The van der Waals surface area contributed by atoms with Gasteiger partial charge in [-0.1, -0.05) is 23.2 Å². The second kappa shape index (κ2) is 8.78. The molecule has 3 aromatic rings. The maximum Gasteiger partial charge on any atom is 0.166 e. The summed E-state index contributed by atoms with van der Waals surface area (Å²) in [5, 5.41) is 8.61. The van der Waals surface area contributed by atoms with E-state index in [0.717, 1.165) is 30.5 Å². The summed E-state index contributed by atoms with van der Waals surface area (Å²) in [6, 6.07) is 4.88. The summed E-state index contributed by atoms with van der Waals surface area (Å²) in [6.45, 7) is 2.76. The zero-order valence-electron chi connectivity index (χ0n) is 18.3. The minimum atomic E-state index is -0.629. The van der Waals surface area contributed by atoms with Crippen molar-refractivity contribution in [1.29, 1.82) is 0 Å². The molecule has 1 unspecified atom stereocenters. The number of halogens is 3. The zero-order valence-corrected chi connectivity index (χ0v) is 19.8. The number of ether oxygens (including phenoxy) is 1. The number of pyridine rings is 1. The number of piperidine rings is 1. The highest BCUT2D eigenvalue weighted by atomic mass is 35.5. The van der Waals surface area contributed by atoms with E-state index in [0.29, 0.717) is 27.9 Å². The van der Waals surface area contributed by atoms with Crippen LogP contribution < -0.4 is 15.8 Å². The fraction of sp³-hybridized carbons (Fsp3) is 0.417. The summed E-state index contributed by atoms with van der Waals surface area (Å²) in [4.78, 5) is 4.30. The van der Waals surface area contributed by atoms with Crippen LogP contribution in [0.25, 0.3) is 11.1 Å². The molecule has 1 spiro atoms. The molecule has 1 saturated heterocycles. The molecule has 3 heterocycles. The van der Waals surface area contributed by atoms with Gasteiger partial charge >= 0.3 is 0 Å². The van der Waals surface area contributed by atoms with Crippen molar-refractivity contribution in [3.05, 3.63) is 58.2 Å². The second-order valence-electron chi connectivity index (χ2n) is 9.04. The van der Waals surface area contributed by atoms with Gasteiger partial charge in [-0.2, -0.15) is 5.10 Å². The van der Waals surface area contributed by atoms with Gasteiger partial charge in [0, 0.05) is 39.6 Å². The Morgan fingerprint density at radius 1 is 1.27 bits per heavy atom. The van der Waals surface area contributed by atoms with Crippen LogP contribution in [0.3, 0.4) is 0 Å². The van der Waals surface area contributed by atoms with Crippen molar-refractivity contribution >= 4 is 29.0 Å². The molecule has 2 fully saturated rings. The lowest BCUT2D eigenvalue weighted by Gasteiger charge is -2.48. The third kappa shape index (κ3) is 4.29. The highest BCUT2D eigenvalue weighted by Crippen LogP contribution is 2.42. The monoisotopic (exact) mass is 489 g/mol. The molecule has 6 nitrogen and oxygen atoms in total. The Morgan fingerprint density at radius 2 is 2.09 bits per heavy atom. The number of nitrogens with one attached hydrogen (secondary N) is 1. The highest BCUT2D eigenvalue weighted by Gasteiger charge is 2.41. The van der Waals surface area contributed by atoms with Crippen molar-refractivity contribution in [3.8, 4) is 16.9 Å². The number of aromatic nitrogens is 3. The van der Waals surface area contributed by atoms with Crippen molar-refractivity contribution in [2.24, 2.45) is 0 Å². The summed E-state index contributed by atoms with van der Waals surface area (Å²) < 4.78 is 22.1. The number of nitrogen functional groups attached to an aromatic ring is 1. The molecule has 5 rings (SSSR count). The average molecular weight is 490 g/mol. The maximum atomic E-state index is 14.0. The number of nitrogens with zero attached hydrogens (tertiary/aromatic N) is 3. The fourth-order valence-electron chi connectivity index (χ4n) is 4.90. The van der Waals surface area contributed by atoms with Crippen LogP contribution in [0.2, 0.25) is 10.0 Å². The Balaban J connectivity index is 1.37. The van der Waals surface area contributed by atoms with Gasteiger partial charge in [0.15, 0.2) is 11.6 Å². The van der Waals surface area contributed by atoms with Crippen LogP contribution in [0.1, 0.15) is 56.7 Å². The first-order chi connectivity index (χ1) is 15.8. The van der Waals surface area contributed by atoms with Crippen molar-refractivity contribution < 1.29 is 9.13 Å². The van der Waals surface area contributed by atoms with E-state index in [9.17, 15) is 4.39 Å². The first-order valence-corrected chi connectivity index (χ1v) is 12.0. The number of rotatable bonds is 5. The minimum absolute atomic E-state index is 0.0647. The molecule has 0 amide bonds. The van der Waals surface area contributed by atoms with Crippen LogP contribution in [0, 0.1) is 5.82 Å². The lowest BCUT2D eigenvalue weighted by molar-refractivity contribution is 0.105. The van der Waals surface area contributed by atoms with Crippen LogP contribution in [0.4, 0.5) is 10.2 Å². The Bertz CT molecular complexity index is 1180. The fourth-order valence-corrected chi connectivity index (χ4v) is 5.58.